The fourth-order valence-corrected chi connectivity index (χ4v) is 4.87. The van der Waals surface area contributed by atoms with Crippen molar-refractivity contribution in [1.82, 2.24) is 14.3 Å². The maximum absolute atomic E-state index is 12.6. The zero-order valence-corrected chi connectivity index (χ0v) is 16.2. The summed E-state index contributed by atoms with van der Waals surface area (Å²) in [6.45, 7) is 2.41. The number of imide groups is 1. The minimum absolute atomic E-state index is 0.197. The van der Waals surface area contributed by atoms with Gasteiger partial charge in [0, 0.05) is 24.7 Å². The van der Waals surface area contributed by atoms with Crippen molar-refractivity contribution in [2.75, 3.05) is 12.3 Å². The lowest BCUT2D eigenvalue weighted by atomic mass is 10.3. The van der Waals surface area contributed by atoms with E-state index in [1.165, 1.54) is 4.90 Å². The van der Waals surface area contributed by atoms with Gasteiger partial charge >= 0.3 is 0 Å². The van der Waals surface area contributed by atoms with E-state index in [2.05, 4.69) is 4.98 Å². The molecule has 1 aliphatic heterocycles. The second-order valence-electron chi connectivity index (χ2n) is 5.96. The van der Waals surface area contributed by atoms with E-state index in [0.29, 0.717) is 35.1 Å². The van der Waals surface area contributed by atoms with Crippen LogP contribution in [0.3, 0.4) is 0 Å². The van der Waals surface area contributed by atoms with Gasteiger partial charge in [-0.1, -0.05) is 25.5 Å². The second-order valence-corrected chi connectivity index (χ2v) is 8.47. The average Bonchev–Trinajstić information content (AvgIpc) is 3.22. The zero-order chi connectivity index (χ0) is 18.5. The van der Waals surface area contributed by atoms with E-state index < -0.39 is 10.8 Å². The Bertz CT molecular complexity index is 875. The first-order chi connectivity index (χ1) is 12.6. The molecule has 0 bridgehead atoms. The zero-order valence-electron chi connectivity index (χ0n) is 14.6. The molecule has 1 unspecified atom stereocenters. The van der Waals surface area contributed by atoms with Crippen LogP contribution in [0.15, 0.2) is 46.6 Å². The topological polar surface area (TPSA) is 71.8 Å². The molecule has 1 aliphatic rings. The molecule has 1 fully saturated rings. The van der Waals surface area contributed by atoms with E-state index in [-0.39, 0.29) is 11.1 Å². The summed E-state index contributed by atoms with van der Waals surface area (Å²) in [5.41, 5.74) is 0.771. The molecule has 0 spiro atoms. The number of pyridine rings is 1. The first kappa shape index (κ1) is 18.8. The first-order valence-corrected chi connectivity index (χ1v) is 10.8. The Morgan fingerprint density at radius 3 is 2.92 bits per heavy atom. The number of allylic oxidation sites excluding steroid dienone is 1. The monoisotopic (exact) mass is 391 g/mol. The van der Waals surface area contributed by atoms with Crippen molar-refractivity contribution in [3.05, 3.63) is 41.6 Å². The number of rotatable bonds is 8. The van der Waals surface area contributed by atoms with Gasteiger partial charge in [-0.3, -0.25) is 23.1 Å². The molecule has 8 heteroatoms. The summed E-state index contributed by atoms with van der Waals surface area (Å²) in [6, 6.07) is 5.55. The second kappa shape index (κ2) is 8.64. The van der Waals surface area contributed by atoms with Gasteiger partial charge in [0.05, 0.1) is 15.7 Å². The highest BCUT2D eigenvalue weighted by atomic mass is 32.2. The number of nitrogens with zero attached hydrogens (tertiary/aromatic N) is 3. The van der Waals surface area contributed by atoms with Gasteiger partial charge < -0.3 is 0 Å². The van der Waals surface area contributed by atoms with E-state index >= 15 is 0 Å². The molecule has 6 nitrogen and oxygen atoms in total. The van der Waals surface area contributed by atoms with Crippen LogP contribution in [0.25, 0.3) is 5.65 Å². The lowest BCUT2D eigenvalue weighted by Crippen LogP contribution is -2.29. The van der Waals surface area contributed by atoms with Crippen molar-refractivity contribution < 1.29 is 13.8 Å². The molecule has 138 valence electrons. The van der Waals surface area contributed by atoms with Crippen molar-refractivity contribution in [1.29, 1.82) is 0 Å². The van der Waals surface area contributed by atoms with Crippen molar-refractivity contribution in [3.8, 4) is 0 Å². The summed E-state index contributed by atoms with van der Waals surface area (Å²) in [5, 5.41) is 0.510. The van der Waals surface area contributed by atoms with Crippen LogP contribution < -0.4 is 0 Å². The third-order valence-electron chi connectivity index (χ3n) is 4.08. The van der Waals surface area contributed by atoms with Crippen LogP contribution in [0.5, 0.6) is 0 Å². The third kappa shape index (κ3) is 4.07. The molecule has 3 rings (SSSR count). The molecule has 0 radical (unpaired) electrons. The highest BCUT2D eigenvalue weighted by Gasteiger charge is 2.34. The summed E-state index contributed by atoms with van der Waals surface area (Å²) < 4.78 is 14.4. The van der Waals surface area contributed by atoms with E-state index in [4.69, 9.17) is 0 Å². The maximum Gasteiger partial charge on any atom is 0.293 e. The van der Waals surface area contributed by atoms with Crippen molar-refractivity contribution in [2.24, 2.45) is 0 Å². The normalized spacial score (nSPS) is 17.6. The van der Waals surface area contributed by atoms with Crippen molar-refractivity contribution in [3.63, 3.8) is 0 Å². The molecule has 0 N–H and O–H groups in total. The van der Waals surface area contributed by atoms with Crippen LogP contribution in [-0.2, 0) is 15.6 Å². The van der Waals surface area contributed by atoms with E-state index in [1.807, 2.05) is 35.6 Å². The number of thioether (sulfide) groups is 1. The molecule has 2 amide bonds. The molecular formula is C18H21N3O3S2. The molecule has 3 heterocycles. The first-order valence-electron chi connectivity index (χ1n) is 8.66. The standard InChI is InChI=1S/C18H21N3O3S2/c1-2-3-7-14-17(22)21(18(23)25-14)11-4-5-13-26(24)16-9-6-8-15-19-10-12-20(15)16/h6-10,12H,2-5,11,13H2,1H3/b14-7+. The number of unbranched alkanes of at least 4 members (excludes halogenated alkanes) is 2. The average molecular weight is 392 g/mol. The summed E-state index contributed by atoms with van der Waals surface area (Å²) in [7, 11) is -1.15. The molecule has 1 atom stereocenters. The van der Waals surface area contributed by atoms with E-state index in [1.54, 1.807) is 12.4 Å². The van der Waals surface area contributed by atoms with Gasteiger partial charge in [0.2, 0.25) is 0 Å². The highest BCUT2D eigenvalue weighted by molar-refractivity contribution is 8.18. The maximum atomic E-state index is 12.6. The van der Waals surface area contributed by atoms with Crippen molar-refractivity contribution in [2.45, 2.75) is 37.6 Å². The number of imidazole rings is 1. The molecular weight excluding hydrogens is 370 g/mol. The Labute approximate surface area is 159 Å². The lowest BCUT2D eigenvalue weighted by Gasteiger charge is -2.12. The van der Waals surface area contributed by atoms with Crippen LogP contribution in [0.1, 0.15) is 32.6 Å². The fourth-order valence-electron chi connectivity index (χ4n) is 2.72. The smallest absolute Gasteiger partial charge is 0.292 e. The predicted octanol–water partition coefficient (Wildman–Crippen LogP) is 3.60. The SMILES string of the molecule is CCC/C=C1/SC(=O)N(CCCCS(=O)c2cccc3nccn23)C1=O. The number of amides is 2. The van der Waals surface area contributed by atoms with Crippen LogP contribution >= 0.6 is 11.8 Å². The molecule has 0 aliphatic carbocycles. The number of fused-ring (bicyclic) bond motifs is 1. The van der Waals surface area contributed by atoms with E-state index in [9.17, 15) is 13.8 Å². The van der Waals surface area contributed by atoms with Gasteiger partial charge in [-0.25, -0.2) is 4.98 Å². The molecule has 2 aromatic rings. The Balaban J connectivity index is 1.51. The Morgan fingerprint density at radius 2 is 2.12 bits per heavy atom. The quantitative estimate of drug-likeness (QED) is 0.508. The molecule has 1 saturated heterocycles. The Kier molecular flexibility index (Phi) is 6.26. The van der Waals surface area contributed by atoms with Gasteiger partial charge in [-0.05, 0) is 43.2 Å². The molecule has 2 aromatic heterocycles. The van der Waals surface area contributed by atoms with Gasteiger partial charge in [0.1, 0.15) is 10.7 Å². The Hall–Kier alpha value is -1.93. The number of hydrogen-bond donors (Lipinski definition) is 0. The highest BCUT2D eigenvalue weighted by Crippen LogP contribution is 2.31. The number of carbonyl (C=O) groups is 2. The van der Waals surface area contributed by atoms with Gasteiger partial charge in [-0.2, -0.15) is 0 Å². The minimum Gasteiger partial charge on any atom is -0.292 e. The summed E-state index contributed by atoms with van der Waals surface area (Å²) in [6.07, 6.45) is 8.38. The number of aromatic nitrogens is 2. The largest absolute Gasteiger partial charge is 0.293 e. The van der Waals surface area contributed by atoms with Crippen LogP contribution in [0.4, 0.5) is 4.79 Å². The Morgan fingerprint density at radius 1 is 1.27 bits per heavy atom. The fraction of sp³-hybridized carbons (Fsp3) is 0.389. The predicted molar refractivity (Wildman–Crippen MR) is 103 cm³/mol. The summed E-state index contributed by atoms with van der Waals surface area (Å²) in [4.78, 5) is 30.2. The van der Waals surface area contributed by atoms with Crippen LogP contribution in [0.2, 0.25) is 0 Å². The minimum atomic E-state index is -1.15. The lowest BCUT2D eigenvalue weighted by molar-refractivity contribution is -0.122. The number of hydrogen-bond acceptors (Lipinski definition) is 5. The van der Waals surface area contributed by atoms with Crippen LogP contribution in [0, 0.1) is 0 Å². The van der Waals surface area contributed by atoms with Gasteiger partial charge in [0.15, 0.2) is 0 Å². The number of carbonyl (C=O) groups excluding carboxylic acids is 2. The molecule has 0 saturated carbocycles. The van der Waals surface area contributed by atoms with Crippen LogP contribution in [-0.4, -0.2) is 41.9 Å². The molecule has 26 heavy (non-hydrogen) atoms. The van der Waals surface area contributed by atoms with E-state index in [0.717, 1.165) is 30.3 Å². The van der Waals surface area contributed by atoms with Gasteiger partial charge in [-0.15, -0.1) is 0 Å². The summed E-state index contributed by atoms with van der Waals surface area (Å²) in [5.74, 6) is 0.289. The summed E-state index contributed by atoms with van der Waals surface area (Å²) >= 11 is 1.01. The molecule has 0 aromatic carbocycles. The third-order valence-corrected chi connectivity index (χ3v) is 6.49. The van der Waals surface area contributed by atoms with Crippen molar-refractivity contribution >= 4 is 39.4 Å². The van der Waals surface area contributed by atoms with Gasteiger partial charge in [0.25, 0.3) is 11.1 Å².